The second kappa shape index (κ2) is 7.13. The maximum atomic E-state index is 13.3. The number of hydrogen-bond acceptors (Lipinski definition) is 4. The van der Waals surface area contributed by atoms with E-state index >= 15 is 0 Å². The average Bonchev–Trinajstić information content (AvgIpc) is 3.37. The van der Waals surface area contributed by atoms with Gasteiger partial charge in [-0.25, -0.2) is 4.79 Å². The fraction of sp³-hybridized carbons (Fsp3) is 0.238. The van der Waals surface area contributed by atoms with Crippen LogP contribution in [0.2, 0.25) is 10.0 Å². The highest BCUT2D eigenvalue weighted by molar-refractivity contribution is 7.10. The smallest absolute Gasteiger partial charge is 0.331 e. The lowest BCUT2D eigenvalue weighted by Gasteiger charge is -2.26. The van der Waals surface area contributed by atoms with Crippen LogP contribution in [0.3, 0.4) is 0 Å². The van der Waals surface area contributed by atoms with Gasteiger partial charge in [0.2, 0.25) is 0 Å². The molecule has 0 bridgehead atoms. The van der Waals surface area contributed by atoms with Crippen molar-refractivity contribution in [3.63, 3.8) is 0 Å². The Labute approximate surface area is 185 Å². The molecular weight excluding hydrogens is 445 g/mol. The lowest BCUT2D eigenvalue weighted by atomic mass is 10.1. The van der Waals surface area contributed by atoms with Crippen molar-refractivity contribution in [3.05, 3.63) is 77.2 Å². The number of fused-ring (bicyclic) bond motifs is 3. The van der Waals surface area contributed by atoms with Crippen molar-refractivity contribution >= 4 is 45.4 Å². The van der Waals surface area contributed by atoms with Crippen molar-refractivity contribution in [1.82, 2.24) is 13.7 Å². The van der Waals surface area contributed by atoms with Crippen molar-refractivity contribution in [1.29, 1.82) is 0 Å². The van der Waals surface area contributed by atoms with Gasteiger partial charge >= 0.3 is 5.69 Å². The molecule has 6 nitrogen and oxygen atoms in total. The normalized spacial score (nSPS) is 16.2. The van der Waals surface area contributed by atoms with Crippen LogP contribution in [0, 0.1) is 0 Å². The van der Waals surface area contributed by atoms with Crippen molar-refractivity contribution < 1.29 is 4.74 Å². The van der Waals surface area contributed by atoms with Crippen LogP contribution in [0.15, 0.2) is 45.3 Å². The van der Waals surface area contributed by atoms with Crippen molar-refractivity contribution in [2.45, 2.75) is 12.6 Å². The molecule has 3 aromatic heterocycles. The maximum absolute atomic E-state index is 13.3. The lowest BCUT2D eigenvalue weighted by molar-refractivity contribution is 0.0500. The molecule has 0 amide bonds. The second-order valence-electron chi connectivity index (χ2n) is 7.21. The first-order valence-corrected chi connectivity index (χ1v) is 11.0. The Kier molecular flexibility index (Phi) is 4.67. The third kappa shape index (κ3) is 2.73. The first-order chi connectivity index (χ1) is 14.4. The van der Waals surface area contributed by atoms with Crippen LogP contribution < -0.4 is 11.2 Å². The minimum absolute atomic E-state index is 0.360. The van der Waals surface area contributed by atoms with E-state index in [0.29, 0.717) is 45.4 Å². The quantitative estimate of drug-likeness (QED) is 0.449. The van der Waals surface area contributed by atoms with E-state index < -0.39 is 0 Å². The number of aryl methyl sites for hydroxylation is 1. The van der Waals surface area contributed by atoms with Gasteiger partial charge in [-0.3, -0.25) is 13.9 Å². The highest BCUT2D eigenvalue weighted by Gasteiger charge is 2.33. The van der Waals surface area contributed by atoms with Crippen molar-refractivity contribution in [2.24, 2.45) is 14.1 Å². The summed E-state index contributed by atoms with van der Waals surface area (Å²) in [5.41, 5.74) is 1.99. The molecule has 5 rings (SSSR count). The average molecular weight is 462 g/mol. The van der Waals surface area contributed by atoms with Gasteiger partial charge in [-0.15, -0.1) is 11.3 Å². The minimum Gasteiger partial charge on any atom is -0.364 e. The highest BCUT2D eigenvalue weighted by Crippen LogP contribution is 2.43. The van der Waals surface area contributed by atoms with Gasteiger partial charge in [-0.05, 0) is 29.6 Å². The molecule has 0 unspecified atom stereocenters. The van der Waals surface area contributed by atoms with E-state index in [1.54, 1.807) is 30.5 Å². The fourth-order valence-corrected chi connectivity index (χ4v) is 5.47. The molecule has 1 atom stereocenters. The number of halogens is 2. The summed E-state index contributed by atoms with van der Waals surface area (Å²) in [6.45, 7) is 1.01. The summed E-state index contributed by atoms with van der Waals surface area (Å²) in [5, 5.41) is 3.39. The summed E-state index contributed by atoms with van der Waals surface area (Å²) in [7, 11) is 3.17. The van der Waals surface area contributed by atoms with E-state index in [1.165, 1.54) is 11.6 Å². The third-order valence-electron chi connectivity index (χ3n) is 5.54. The molecular formula is C21H17Cl2N3O3S. The molecule has 0 fully saturated rings. The molecule has 4 aromatic rings. The Hall–Kier alpha value is -2.32. The molecule has 1 aliphatic rings. The van der Waals surface area contributed by atoms with E-state index in [4.69, 9.17) is 27.9 Å². The van der Waals surface area contributed by atoms with E-state index in [9.17, 15) is 9.59 Å². The first kappa shape index (κ1) is 19.6. The topological polar surface area (TPSA) is 58.2 Å². The minimum atomic E-state index is -0.384. The molecule has 9 heteroatoms. The standard InChI is InChI=1S/C21H17Cl2N3O3S/c1-24-17-15(20(27)25(2)21(24)28)16(12-6-5-11(22)10-13(12)23)26-7-8-29-19(18(17)26)14-4-3-9-30-14/h3-6,9-10,19H,7-8H2,1-2H3/t19-/m1/s1. The van der Waals surface area contributed by atoms with Crippen LogP contribution in [0.1, 0.15) is 16.7 Å². The zero-order chi connectivity index (χ0) is 21.2. The van der Waals surface area contributed by atoms with Crippen LogP contribution >= 0.6 is 34.5 Å². The SMILES string of the molecule is Cn1c(=O)c2c(-c3ccc(Cl)cc3Cl)n3c(c2n(C)c1=O)[C@@H](c1cccs1)OCC3. The van der Waals surface area contributed by atoms with Gasteiger partial charge in [-0.2, -0.15) is 0 Å². The van der Waals surface area contributed by atoms with Gasteiger partial charge in [0.05, 0.1) is 33.9 Å². The van der Waals surface area contributed by atoms with Crippen LogP contribution in [0.4, 0.5) is 0 Å². The Bertz CT molecular complexity index is 1420. The Morgan fingerprint density at radius 3 is 2.63 bits per heavy atom. The predicted octanol–water partition coefficient (Wildman–Crippen LogP) is 4.19. The lowest BCUT2D eigenvalue weighted by Crippen LogP contribution is -2.37. The molecule has 0 N–H and O–H groups in total. The summed E-state index contributed by atoms with van der Waals surface area (Å²) in [6, 6.07) is 9.18. The van der Waals surface area contributed by atoms with Crippen LogP contribution in [0.5, 0.6) is 0 Å². The summed E-state index contributed by atoms with van der Waals surface area (Å²) in [5.74, 6) is 0. The molecule has 30 heavy (non-hydrogen) atoms. The van der Waals surface area contributed by atoms with E-state index in [-0.39, 0.29) is 17.4 Å². The van der Waals surface area contributed by atoms with E-state index in [0.717, 1.165) is 15.1 Å². The number of thiophene rings is 1. The molecule has 1 aliphatic heterocycles. The van der Waals surface area contributed by atoms with Crippen LogP contribution in [0.25, 0.3) is 22.2 Å². The number of rotatable bonds is 2. The molecule has 4 heterocycles. The Morgan fingerprint density at radius 2 is 1.93 bits per heavy atom. The molecule has 1 aromatic carbocycles. The molecule has 154 valence electrons. The predicted molar refractivity (Wildman–Crippen MR) is 120 cm³/mol. The maximum Gasteiger partial charge on any atom is 0.331 e. The molecule has 0 saturated heterocycles. The Balaban J connectivity index is 1.99. The summed E-state index contributed by atoms with van der Waals surface area (Å²) < 4.78 is 10.8. The largest absolute Gasteiger partial charge is 0.364 e. The van der Waals surface area contributed by atoms with Gasteiger partial charge in [0.15, 0.2) is 0 Å². The zero-order valence-electron chi connectivity index (χ0n) is 16.2. The number of hydrogen-bond donors (Lipinski definition) is 0. The highest BCUT2D eigenvalue weighted by atomic mass is 35.5. The Morgan fingerprint density at radius 1 is 1.13 bits per heavy atom. The van der Waals surface area contributed by atoms with E-state index in [2.05, 4.69) is 4.57 Å². The summed E-state index contributed by atoms with van der Waals surface area (Å²) in [4.78, 5) is 27.1. The number of nitrogens with zero attached hydrogens (tertiary/aromatic N) is 3. The van der Waals surface area contributed by atoms with Gasteiger partial charge < -0.3 is 9.30 Å². The summed E-state index contributed by atoms with van der Waals surface area (Å²) in [6.07, 6.45) is -0.376. The molecule has 0 saturated carbocycles. The van der Waals surface area contributed by atoms with Crippen LogP contribution in [-0.2, 0) is 25.4 Å². The molecule has 0 radical (unpaired) electrons. The van der Waals surface area contributed by atoms with Gasteiger partial charge in [0.25, 0.3) is 5.56 Å². The summed E-state index contributed by atoms with van der Waals surface area (Å²) >= 11 is 14.2. The van der Waals surface area contributed by atoms with Gasteiger partial charge in [0, 0.05) is 36.1 Å². The number of benzene rings is 1. The first-order valence-electron chi connectivity index (χ1n) is 9.32. The van der Waals surface area contributed by atoms with Gasteiger partial charge in [0.1, 0.15) is 6.10 Å². The molecule has 0 aliphatic carbocycles. The monoisotopic (exact) mass is 461 g/mol. The number of ether oxygens (including phenoxy) is 1. The van der Waals surface area contributed by atoms with Crippen LogP contribution in [-0.4, -0.2) is 20.3 Å². The number of aromatic nitrogens is 3. The molecule has 0 spiro atoms. The van der Waals surface area contributed by atoms with Crippen molar-refractivity contribution in [3.8, 4) is 11.3 Å². The van der Waals surface area contributed by atoms with Crippen molar-refractivity contribution in [2.75, 3.05) is 6.61 Å². The van der Waals surface area contributed by atoms with E-state index in [1.807, 2.05) is 23.6 Å². The zero-order valence-corrected chi connectivity index (χ0v) is 18.5. The fourth-order valence-electron chi connectivity index (χ4n) is 4.20. The third-order valence-corrected chi connectivity index (χ3v) is 7.00. The second-order valence-corrected chi connectivity index (χ2v) is 9.03. The van der Waals surface area contributed by atoms with Gasteiger partial charge in [-0.1, -0.05) is 29.3 Å².